The maximum absolute atomic E-state index is 12.2. The van der Waals surface area contributed by atoms with Crippen LogP contribution in [0.5, 0.6) is 5.75 Å². The normalized spacial score (nSPS) is 12.7. The first kappa shape index (κ1) is 26.7. The van der Waals surface area contributed by atoms with Gasteiger partial charge in [0.05, 0.1) is 0 Å². The third-order valence-electron chi connectivity index (χ3n) is 6.21. The Morgan fingerprint density at radius 3 is 2.27 bits per heavy atom. The minimum Gasteiger partial charge on any atom is -0.488 e. The highest BCUT2D eigenvalue weighted by molar-refractivity contribution is 6.31. The number of nitrogens with zero attached hydrogens (tertiary/aromatic N) is 3. The Bertz CT molecular complexity index is 1480. The summed E-state index contributed by atoms with van der Waals surface area (Å²) in [5, 5.41) is 7.04. The second-order valence-corrected chi connectivity index (χ2v) is 12.4. The molecule has 0 amide bonds. The molecule has 0 aliphatic heterocycles. The number of hydrogen-bond acceptors (Lipinski definition) is 5. The van der Waals surface area contributed by atoms with E-state index in [1.165, 1.54) is 11.6 Å². The van der Waals surface area contributed by atoms with Crippen LogP contribution in [0.3, 0.4) is 0 Å². The highest BCUT2D eigenvalue weighted by atomic mass is 35.5. The van der Waals surface area contributed by atoms with Gasteiger partial charge in [-0.2, -0.15) is 4.98 Å². The molecule has 2 aromatic carbocycles. The summed E-state index contributed by atoms with van der Waals surface area (Å²) in [6.45, 7) is 16.8. The molecule has 0 atom stereocenters. The Kier molecular flexibility index (Phi) is 6.88. The summed E-state index contributed by atoms with van der Waals surface area (Å²) in [4.78, 5) is 21.6. The maximum atomic E-state index is 12.2. The van der Waals surface area contributed by atoms with Gasteiger partial charge in [-0.05, 0) is 69.4 Å². The minimum atomic E-state index is -0.501. The minimum absolute atomic E-state index is 0.0492. The molecule has 0 saturated carbocycles. The summed E-state index contributed by atoms with van der Waals surface area (Å²) in [7, 11) is 0. The van der Waals surface area contributed by atoms with Crippen molar-refractivity contribution in [3.05, 3.63) is 75.0 Å². The molecule has 4 rings (SSSR count). The Balaban J connectivity index is 1.63. The molecular weight excluding hydrogens is 486 g/mol. The van der Waals surface area contributed by atoms with Crippen LogP contribution in [-0.2, 0) is 5.41 Å². The van der Waals surface area contributed by atoms with Gasteiger partial charge in [-0.3, -0.25) is 9.89 Å². The summed E-state index contributed by atoms with van der Waals surface area (Å²) >= 11 is 6.18. The van der Waals surface area contributed by atoms with Gasteiger partial charge in [0.1, 0.15) is 11.4 Å². The zero-order chi connectivity index (χ0) is 27.2. The maximum Gasteiger partial charge on any atom is 0.266 e. The van der Waals surface area contributed by atoms with Gasteiger partial charge in [-0.15, -0.1) is 0 Å². The average molecular weight is 522 g/mol. The van der Waals surface area contributed by atoms with Crippen LogP contribution in [0.1, 0.15) is 66.0 Å². The van der Waals surface area contributed by atoms with Gasteiger partial charge < -0.3 is 10.1 Å². The summed E-state index contributed by atoms with van der Waals surface area (Å²) < 4.78 is 7.93. The Hall–Kier alpha value is -3.32. The van der Waals surface area contributed by atoms with Crippen LogP contribution in [0.4, 0.5) is 5.95 Å². The first-order valence-corrected chi connectivity index (χ1v) is 12.8. The molecule has 0 aliphatic carbocycles. The molecule has 2 heterocycles. The molecular formula is C29H36ClN5O2. The fraction of sp³-hybridized carbons (Fsp3) is 0.414. The zero-order valence-electron chi connectivity index (χ0n) is 22.9. The largest absolute Gasteiger partial charge is 0.488 e. The molecule has 0 radical (unpaired) electrons. The number of fused-ring (bicyclic) bond motifs is 1. The van der Waals surface area contributed by atoms with Crippen LogP contribution in [0.2, 0.25) is 5.02 Å². The standard InChI is InChI=1S/C29H36ClN5O2/c1-18-15-21(13-14-22(18)30)37-29(7,8)17-28(5,6)33-26-32-25(31-23-16-24(36)34-35(23)26)19-9-11-20(12-10-19)27(2,3)4/h9-16H,17H2,1-8H3,(H,34,36)(H,31,32,33). The average Bonchev–Trinajstić information content (AvgIpc) is 3.15. The van der Waals surface area contributed by atoms with Crippen LogP contribution in [0.15, 0.2) is 53.3 Å². The predicted octanol–water partition coefficient (Wildman–Crippen LogP) is 6.78. The van der Waals surface area contributed by atoms with E-state index in [0.29, 0.717) is 28.9 Å². The van der Waals surface area contributed by atoms with Crippen molar-refractivity contribution in [2.45, 2.75) is 78.4 Å². The molecule has 0 fully saturated rings. The molecule has 8 heteroatoms. The third-order valence-corrected chi connectivity index (χ3v) is 6.63. The molecule has 2 aromatic heterocycles. The van der Waals surface area contributed by atoms with E-state index >= 15 is 0 Å². The fourth-order valence-corrected chi connectivity index (χ4v) is 4.81. The van der Waals surface area contributed by atoms with Crippen molar-refractivity contribution in [2.75, 3.05) is 5.32 Å². The van der Waals surface area contributed by atoms with Crippen LogP contribution in [-0.4, -0.2) is 30.7 Å². The molecule has 2 N–H and O–H groups in total. The van der Waals surface area contributed by atoms with Gasteiger partial charge >= 0.3 is 0 Å². The van der Waals surface area contributed by atoms with E-state index in [2.05, 4.69) is 76.0 Å². The highest BCUT2D eigenvalue weighted by Crippen LogP contribution is 2.31. The number of nitrogens with one attached hydrogen (secondary N) is 2. The monoisotopic (exact) mass is 521 g/mol. The lowest BCUT2D eigenvalue weighted by atomic mass is 9.87. The van der Waals surface area contributed by atoms with Crippen molar-refractivity contribution in [1.82, 2.24) is 19.6 Å². The van der Waals surface area contributed by atoms with E-state index in [1.54, 1.807) is 4.52 Å². The lowest BCUT2D eigenvalue weighted by Crippen LogP contribution is -2.43. The summed E-state index contributed by atoms with van der Waals surface area (Å²) in [5.41, 5.74) is 2.44. The molecule has 7 nitrogen and oxygen atoms in total. The molecule has 196 valence electrons. The number of ether oxygens (including phenoxy) is 1. The van der Waals surface area contributed by atoms with E-state index in [4.69, 9.17) is 21.3 Å². The van der Waals surface area contributed by atoms with Crippen molar-refractivity contribution in [1.29, 1.82) is 0 Å². The molecule has 0 bridgehead atoms. The first-order chi connectivity index (χ1) is 17.1. The van der Waals surface area contributed by atoms with Gasteiger partial charge in [0.25, 0.3) is 5.56 Å². The van der Waals surface area contributed by atoms with Gasteiger partial charge in [-0.25, -0.2) is 9.50 Å². The first-order valence-electron chi connectivity index (χ1n) is 12.5. The topological polar surface area (TPSA) is 84.3 Å². The lowest BCUT2D eigenvalue weighted by Gasteiger charge is -2.36. The number of hydrogen-bond donors (Lipinski definition) is 2. The number of aryl methyl sites for hydroxylation is 1. The van der Waals surface area contributed by atoms with E-state index in [9.17, 15) is 4.79 Å². The van der Waals surface area contributed by atoms with Crippen molar-refractivity contribution in [2.24, 2.45) is 0 Å². The van der Waals surface area contributed by atoms with E-state index in [1.807, 2.05) is 37.3 Å². The fourth-order valence-electron chi connectivity index (χ4n) is 4.69. The summed E-state index contributed by atoms with van der Waals surface area (Å²) in [6.07, 6.45) is 0.647. The van der Waals surface area contributed by atoms with Crippen LogP contribution in [0, 0.1) is 6.92 Å². The molecule has 4 aromatic rings. The molecule has 37 heavy (non-hydrogen) atoms. The second-order valence-electron chi connectivity index (χ2n) is 12.0. The Labute approximate surface area is 223 Å². The number of rotatable bonds is 7. The number of aromatic nitrogens is 4. The third kappa shape index (κ3) is 6.34. The SMILES string of the molecule is Cc1cc(OC(C)(C)CC(C)(C)Nc2nc(-c3ccc(C(C)(C)C)cc3)nc3cc(=O)[nH]n23)ccc1Cl. The number of halogens is 1. The van der Waals surface area contributed by atoms with E-state index in [0.717, 1.165) is 16.9 Å². The van der Waals surface area contributed by atoms with Gasteiger partial charge in [0, 0.05) is 28.6 Å². The summed E-state index contributed by atoms with van der Waals surface area (Å²) in [6, 6.07) is 15.4. The van der Waals surface area contributed by atoms with Gasteiger partial charge in [0.2, 0.25) is 5.95 Å². The number of H-pyrrole nitrogens is 1. The summed E-state index contributed by atoms with van der Waals surface area (Å²) in [5.74, 6) is 1.82. The van der Waals surface area contributed by atoms with Crippen molar-refractivity contribution in [3.63, 3.8) is 0 Å². The van der Waals surface area contributed by atoms with Crippen molar-refractivity contribution < 1.29 is 4.74 Å². The molecule has 0 spiro atoms. The van der Waals surface area contributed by atoms with Crippen LogP contribution in [0.25, 0.3) is 17.0 Å². The molecule has 0 unspecified atom stereocenters. The van der Waals surface area contributed by atoms with Crippen LogP contribution >= 0.6 is 11.6 Å². The molecule has 0 saturated heterocycles. The number of benzene rings is 2. The zero-order valence-corrected chi connectivity index (χ0v) is 23.6. The van der Waals surface area contributed by atoms with Crippen LogP contribution < -0.4 is 15.6 Å². The Morgan fingerprint density at radius 1 is 0.973 bits per heavy atom. The Morgan fingerprint density at radius 2 is 1.65 bits per heavy atom. The van der Waals surface area contributed by atoms with Gasteiger partial charge in [-0.1, -0.05) is 56.6 Å². The number of anilines is 1. The molecule has 0 aliphatic rings. The predicted molar refractivity (Wildman–Crippen MR) is 151 cm³/mol. The number of aromatic amines is 1. The van der Waals surface area contributed by atoms with Gasteiger partial charge in [0.15, 0.2) is 11.5 Å². The smallest absolute Gasteiger partial charge is 0.266 e. The van der Waals surface area contributed by atoms with E-state index < -0.39 is 11.1 Å². The van der Waals surface area contributed by atoms with Crippen molar-refractivity contribution >= 4 is 23.2 Å². The van der Waals surface area contributed by atoms with Crippen molar-refractivity contribution in [3.8, 4) is 17.1 Å². The quantitative estimate of drug-likeness (QED) is 0.280. The van der Waals surface area contributed by atoms with E-state index in [-0.39, 0.29) is 11.0 Å². The highest BCUT2D eigenvalue weighted by Gasteiger charge is 2.32. The lowest BCUT2D eigenvalue weighted by molar-refractivity contribution is 0.0817. The second kappa shape index (κ2) is 9.53.